The highest BCUT2D eigenvalue weighted by Gasteiger charge is 2.17. The molecule has 6 nitrogen and oxygen atoms in total. The lowest BCUT2D eigenvalue weighted by Gasteiger charge is -2.09. The quantitative estimate of drug-likeness (QED) is 0.706. The van der Waals surface area contributed by atoms with Crippen molar-refractivity contribution in [3.05, 3.63) is 23.2 Å². The first kappa shape index (κ1) is 17.7. The first-order valence-electron chi connectivity index (χ1n) is 6.50. The van der Waals surface area contributed by atoms with Crippen LogP contribution in [-0.2, 0) is 14.8 Å². The van der Waals surface area contributed by atoms with Crippen LogP contribution in [0.4, 0.5) is 0 Å². The molecule has 0 radical (unpaired) electrons. The Morgan fingerprint density at radius 3 is 2.67 bits per heavy atom. The maximum atomic E-state index is 12.0. The molecular weight excluding hydrogens is 316 g/mol. The molecule has 8 heteroatoms. The number of sulfonamides is 1. The van der Waals surface area contributed by atoms with E-state index in [1.807, 2.05) is 6.92 Å². The molecule has 0 saturated heterocycles. The molecule has 0 fully saturated rings. The second-order valence-electron chi connectivity index (χ2n) is 4.32. The molecule has 21 heavy (non-hydrogen) atoms. The van der Waals surface area contributed by atoms with Crippen molar-refractivity contribution in [3.8, 4) is 5.75 Å². The molecule has 0 bridgehead atoms. The number of nitrogens with one attached hydrogen (secondary N) is 2. The van der Waals surface area contributed by atoms with Crippen LogP contribution in [0, 0.1) is 0 Å². The Balaban J connectivity index is 2.65. The molecular formula is C13H19ClN2O4S. The Bertz CT molecular complexity index is 590. The molecule has 0 aliphatic carbocycles. The number of rotatable bonds is 8. The molecule has 1 aromatic carbocycles. The summed E-state index contributed by atoms with van der Waals surface area (Å²) in [5.41, 5.74) is 0. The van der Waals surface area contributed by atoms with Gasteiger partial charge in [-0.3, -0.25) is 4.79 Å². The lowest BCUT2D eigenvalue weighted by atomic mass is 10.3. The largest absolute Gasteiger partial charge is 0.495 e. The zero-order valence-corrected chi connectivity index (χ0v) is 13.6. The Labute approximate surface area is 129 Å². The highest BCUT2D eigenvalue weighted by molar-refractivity contribution is 7.89. The fourth-order valence-corrected chi connectivity index (χ4v) is 2.86. The first-order valence-corrected chi connectivity index (χ1v) is 8.36. The van der Waals surface area contributed by atoms with Gasteiger partial charge in [0.15, 0.2) is 0 Å². The van der Waals surface area contributed by atoms with Gasteiger partial charge in [-0.1, -0.05) is 24.9 Å². The van der Waals surface area contributed by atoms with Gasteiger partial charge in [0.05, 0.1) is 23.6 Å². The van der Waals surface area contributed by atoms with Crippen LogP contribution < -0.4 is 14.8 Å². The maximum absolute atomic E-state index is 12.0. The Kier molecular flexibility index (Phi) is 6.94. The summed E-state index contributed by atoms with van der Waals surface area (Å²) in [5, 5.41) is 2.81. The van der Waals surface area contributed by atoms with E-state index in [4.69, 9.17) is 16.3 Å². The number of hydrogen-bond donors (Lipinski definition) is 2. The number of carbonyl (C=O) groups is 1. The van der Waals surface area contributed by atoms with Crippen molar-refractivity contribution >= 4 is 27.5 Å². The number of carbonyl (C=O) groups excluding carboxylic acids is 1. The lowest BCUT2D eigenvalue weighted by Crippen LogP contribution is -2.37. The van der Waals surface area contributed by atoms with Crippen LogP contribution in [0.15, 0.2) is 23.1 Å². The van der Waals surface area contributed by atoms with E-state index in [0.717, 1.165) is 12.8 Å². The normalized spacial score (nSPS) is 11.2. The molecule has 0 aliphatic heterocycles. The second kappa shape index (κ2) is 8.21. The molecule has 0 heterocycles. The van der Waals surface area contributed by atoms with Gasteiger partial charge in [-0.15, -0.1) is 0 Å². The van der Waals surface area contributed by atoms with Gasteiger partial charge in [-0.2, -0.15) is 0 Å². The fourth-order valence-electron chi connectivity index (χ4n) is 1.53. The van der Waals surface area contributed by atoms with Crippen LogP contribution in [0.25, 0.3) is 0 Å². The molecule has 2 N–H and O–H groups in total. The van der Waals surface area contributed by atoms with E-state index >= 15 is 0 Å². The SMILES string of the molecule is CCCCNC(=O)CNS(=O)(=O)c1ccc(OC)c(Cl)c1. The summed E-state index contributed by atoms with van der Waals surface area (Å²) >= 11 is 5.89. The first-order chi connectivity index (χ1) is 9.90. The predicted molar refractivity (Wildman–Crippen MR) is 81.1 cm³/mol. The van der Waals surface area contributed by atoms with Crippen molar-refractivity contribution in [2.75, 3.05) is 20.2 Å². The Morgan fingerprint density at radius 1 is 1.38 bits per heavy atom. The number of methoxy groups -OCH3 is 1. The van der Waals surface area contributed by atoms with Gasteiger partial charge in [0.1, 0.15) is 5.75 Å². The molecule has 0 aromatic heterocycles. The third kappa shape index (κ3) is 5.53. The van der Waals surface area contributed by atoms with Gasteiger partial charge in [0.2, 0.25) is 15.9 Å². The fraction of sp³-hybridized carbons (Fsp3) is 0.462. The van der Waals surface area contributed by atoms with E-state index in [2.05, 4.69) is 10.0 Å². The van der Waals surface area contributed by atoms with Crippen LogP contribution in [0.1, 0.15) is 19.8 Å². The molecule has 0 spiro atoms. The van der Waals surface area contributed by atoms with E-state index in [-0.39, 0.29) is 22.4 Å². The van der Waals surface area contributed by atoms with E-state index in [1.54, 1.807) is 0 Å². The monoisotopic (exact) mass is 334 g/mol. The molecule has 1 aromatic rings. The van der Waals surface area contributed by atoms with E-state index < -0.39 is 10.0 Å². The highest BCUT2D eigenvalue weighted by Crippen LogP contribution is 2.26. The van der Waals surface area contributed by atoms with Gasteiger partial charge in [0.25, 0.3) is 0 Å². The number of ether oxygens (including phenoxy) is 1. The van der Waals surface area contributed by atoms with Gasteiger partial charge in [0, 0.05) is 6.54 Å². The number of hydrogen-bond acceptors (Lipinski definition) is 4. The summed E-state index contributed by atoms with van der Waals surface area (Å²) in [6.45, 7) is 2.23. The zero-order chi connectivity index (χ0) is 15.9. The zero-order valence-electron chi connectivity index (χ0n) is 12.0. The Morgan fingerprint density at radius 2 is 2.10 bits per heavy atom. The minimum atomic E-state index is -3.78. The van der Waals surface area contributed by atoms with Crippen LogP contribution in [-0.4, -0.2) is 34.5 Å². The lowest BCUT2D eigenvalue weighted by molar-refractivity contribution is -0.119. The van der Waals surface area contributed by atoms with E-state index in [1.165, 1.54) is 25.3 Å². The van der Waals surface area contributed by atoms with Crippen molar-refractivity contribution in [1.82, 2.24) is 10.0 Å². The molecule has 0 atom stereocenters. The summed E-state index contributed by atoms with van der Waals surface area (Å²) in [6.07, 6.45) is 1.81. The van der Waals surface area contributed by atoms with Crippen molar-refractivity contribution in [3.63, 3.8) is 0 Å². The third-order valence-corrected chi connectivity index (χ3v) is 4.40. The predicted octanol–water partition coefficient (Wildman–Crippen LogP) is 1.54. The summed E-state index contributed by atoms with van der Waals surface area (Å²) < 4.78 is 31.2. The molecule has 0 unspecified atom stereocenters. The average molecular weight is 335 g/mol. The van der Waals surface area contributed by atoms with Gasteiger partial charge in [-0.25, -0.2) is 13.1 Å². The number of unbranched alkanes of at least 4 members (excludes halogenated alkanes) is 1. The van der Waals surface area contributed by atoms with Gasteiger partial charge >= 0.3 is 0 Å². The van der Waals surface area contributed by atoms with E-state index in [9.17, 15) is 13.2 Å². The molecule has 118 valence electrons. The smallest absolute Gasteiger partial charge is 0.241 e. The van der Waals surface area contributed by atoms with Crippen LogP contribution in [0.5, 0.6) is 5.75 Å². The van der Waals surface area contributed by atoms with E-state index in [0.29, 0.717) is 12.3 Å². The topological polar surface area (TPSA) is 84.5 Å². The van der Waals surface area contributed by atoms with Crippen molar-refractivity contribution in [2.45, 2.75) is 24.7 Å². The van der Waals surface area contributed by atoms with Crippen molar-refractivity contribution in [1.29, 1.82) is 0 Å². The number of benzene rings is 1. The number of halogens is 1. The van der Waals surface area contributed by atoms with Gasteiger partial charge < -0.3 is 10.1 Å². The van der Waals surface area contributed by atoms with Crippen LogP contribution in [0.3, 0.4) is 0 Å². The molecule has 0 aliphatic rings. The minimum Gasteiger partial charge on any atom is -0.495 e. The molecule has 1 amide bonds. The maximum Gasteiger partial charge on any atom is 0.241 e. The van der Waals surface area contributed by atoms with Crippen molar-refractivity contribution < 1.29 is 17.9 Å². The summed E-state index contributed by atoms with van der Waals surface area (Å²) in [4.78, 5) is 11.5. The van der Waals surface area contributed by atoms with Crippen LogP contribution in [0.2, 0.25) is 5.02 Å². The van der Waals surface area contributed by atoms with Gasteiger partial charge in [-0.05, 0) is 24.6 Å². The highest BCUT2D eigenvalue weighted by atomic mass is 35.5. The molecule has 1 rings (SSSR count). The summed E-state index contributed by atoms with van der Waals surface area (Å²) in [7, 11) is -2.35. The second-order valence-corrected chi connectivity index (χ2v) is 6.50. The Hall–Kier alpha value is -1.31. The number of amides is 1. The average Bonchev–Trinajstić information content (AvgIpc) is 2.45. The standard InChI is InChI=1S/C13H19ClN2O4S/c1-3-4-7-15-13(17)9-16-21(18,19)10-5-6-12(20-2)11(14)8-10/h5-6,8,16H,3-4,7,9H2,1-2H3,(H,15,17). The summed E-state index contributed by atoms with van der Waals surface area (Å²) in [5.74, 6) is 0.0135. The summed E-state index contributed by atoms with van der Waals surface area (Å²) in [6, 6.07) is 4.10. The molecule has 0 saturated carbocycles. The third-order valence-electron chi connectivity index (χ3n) is 2.71. The van der Waals surface area contributed by atoms with Crippen LogP contribution >= 0.6 is 11.6 Å². The minimum absolute atomic E-state index is 0.0188. The van der Waals surface area contributed by atoms with Crippen molar-refractivity contribution in [2.24, 2.45) is 0 Å².